The summed E-state index contributed by atoms with van der Waals surface area (Å²) < 4.78 is 1.36. The van der Waals surface area contributed by atoms with Crippen molar-refractivity contribution in [2.45, 2.75) is 12.5 Å². The van der Waals surface area contributed by atoms with E-state index in [4.69, 9.17) is 5.73 Å². The number of aliphatic hydroxyl groups is 1. The molecule has 0 aliphatic rings. The minimum absolute atomic E-state index is 0.0428. The molecular weight excluding hydrogens is 312 g/mol. The highest BCUT2D eigenvalue weighted by atomic mass is 16.3. The SMILES string of the molecule is N#Cc1c(N)ncnc1NC(CCO)c1nc2cccn2c(=O)[nH]1. The van der Waals surface area contributed by atoms with Crippen molar-refractivity contribution in [3.8, 4) is 6.07 Å². The molecule has 0 aliphatic carbocycles. The van der Waals surface area contributed by atoms with Crippen LogP contribution in [0.2, 0.25) is 0 Å². The summed E-state index contributed by atoms with van der Waals surface area (Å²) in [4.78, 5) is 26.9. The second kappa shape index (κ2) is 6.35. The lowest BCUT2D eigenvalue weighted by atomic mass is 10.2. The maximum absolute atomic E-state index is 12.1. The molecule has 5 N–H and O–H groups in total. The highest BCUT2D eigenvalue weighted by Gasteiger charge is 2.19. The first-order valence-corrected chi connectivity index (χ1v) is 7.09. The predicted molar refractivity (Wildman–Crippen MR) is 85.0 cm³/mol. The van der Waals surface area contributed by atoms with Gasteiger partial charge in [-0.25, -0.2) is 19.7 Å². The standard InChI is InChI=1S/C14H14N8O2/c15-6-8-11(16)17-7-18-12(8)19-9(3-5-23)13-20-10-2-1-4-22(10)14(24)21-13/h1-2,4,7,9,23H,3,5H2,(H,20,21,24)(H3,16,17,18,19). The smallest absolute Gasteiger partial charge is 0.332 e. The Balaban J connectivity index is 2.02. The summed E-state index contributed by atoms with van der Waals surface area (Å²) in [5.74, 6) is 0.573. The molecule has 0 saturated heterocycles. The van der Waals surface area contributed by atoms with E-state index in [9.17, 15) is 15.2 Å². The Bertz CT molecular complexity index is 971. The molecule has 10 heteroatoms. The molecule has 3 aromatic heterocycles. The van der Waals surface area contributed by atoms with Gasteiger partial charge in [0.2, 0.25) is 0 Å². The first-order chi connectivity index (χ1) is 11.6. The van der Waals surface area contributed by atoms with E-state index in [-0.39, 0.29) is 35.9 Å². The van der Waals surface area contributed by atoms with Gasteiger partial charge in [0, 0.05) is 12.8 Å². The number of nitrogens with zero attached hydrogens (tertiary/aromatic N) is 5. The van der Waals surface area contributed by atoms with Crippen molar-refractivity contribution in [2.75, 3.05) is 17.7 Å². The molecule has 1 atom stereocenters. The van der Waals surface area contributed by atoms with Crippen LogP contribution in [0.3, 0.4) is 0 Å². The normalized spacial score (nSPS) is 12.0. The Kier molecular flexibility index (Phi) is 4.09. The molecule has 0 spiro atoms. The van der Waals surface area contributed by atoms with E-state index in [0.29, 0.717) is 11.5 Å². The number of fused-ring (bicyclic) bond motifs is 1. The molecule has 0 amide bonds. The van der Waals surface area contributed by atoms with Crippen LogP contribution in [0.15, 0.2) is 29.5 Å². The molecule has 24 heavy (non-hydrogen) atoms. The number of H-pyrrole nitrogens is 1. The van der Waals surface area contributed by atoms with E-state index in [1.165, 1.54) is 10.7 Å². The minimum Gasteiger partial charge on any atom is -0.396 e. The summed E-state index contributed by atoms with van der Waals surface area (Å²) in [5.41, 5.74) is 5.87. The zero-order valence-corrected chi connectivity index (χ0v) is 12.5. The van der Waals surface area contributed by atoms with Gasteiger partial charge >= 0.3 is 5.69 Å². The fourth-order valence-corrected chi connectivity index (χ4v) is 2.31. The van der Waals surface area contributed by atoms with E-state index in [0.717, 1.165) is 0 Å². The Morgan fingerprint density at radius 1 is 1.50 bits per heavy atom. The summed E-state index contributed by atoms with van der Waals surface area (Å²) in [6.07, 6.45) is 3.06. The van der Waals surface area contributed by atoms with Gasteiger partial charge in [0.1, 0.15) is 41.1 Å². The summed E-state index contributed by atoms with van der Waals surface area (Å²) in [5, 5.41) is 21.5. The van der Waals surface area contributed by atoms with Crippen molar-refractivity contribution in [3.63, 3.8) is 0 Å². The van der Waals surface area contributed by atoms with Gasteiger partial charge in [0.25, 0.3) is 0 Å². The second-order valence-electron chi connectivity index (χ2n) is 4.97. The lowest BCUT2D eigenvalue weighted by Crippen LogP contribution is -2.25. The van der Waals surface area contributed by atoms with Gasteiger partial charge in [-0.3, -0.25) is 9.38 Å². The quantitative estimate of drug-likeness (QED) is 0.502. The zero-order valence-electron chi connectivity index (χ0n) is 12.5. The average molecular weight is 326 g/mol. The van der Waals surface area contributed by atoms with Gasteiger partial charge in [-0.1, -0.05) is 0 Å². The van der Waals surface area contributed by atoms with E-state index in [2.05, 4.69) is 25.3 Å². The highest BCUT2D eigenvalue weighted by molar-refractivity contribution is 5.62. The van der Waals surface area contributed by atoms with Crippen molar-refractivity contribution in [1.82, 2.24) is 24.3 Å². The van der Waals surface area contributed by atoms with E-state index >= 15 is 0 Å². The van der Waals surface area contributed by atoms with E-state index in [1.54, 1.807) is 18.3 Å². The van der Waals surface area contributed by atoms with Crippen molar-refractivity contribution in [1.29, 1.82) is 5.26 Å². The molecule has 0 radical (unpaired) electrons. The Labute approximate surface area is 135 Å². The van der Waals surface area contributed by atoms with Crippen LogP contribution in [0.1, 0.15) is 23.9 Å². The summed E-state index contributed by atoms with van der Waals surface area (Å²) >= 11 is 0. The van der Waals surface area contributed by atoms with Crippen molar-refractivity contribution < 1.29 is 5.11 Å². The topological polar surface area (TPSA) is 158 Å². The average Bonchev–Trinajstić information content (AvgIpc) is 3.04. The highest BCUT2D eigenvalue weighted by Crippen LogP contribution is 2.22. The second-order valence-corrected chi connectivity index (χ2v) is 4.97. The molecular formula is C14H14N8O2. The van der Waals surface area contributed by atoms with Crippen LogP contribution < -0.4 is 16.7 Å². The number of anilines is 2. The number of nitriles is 1. The maximum atomic E-state index is 12.1. The number of hydrogen-bond donors (Lipinski definition) is 4. The number of aromatic amines is 1. The fraction of sp³-hybridized carbons (Fsp3) is 0.214. The van der Waals surface area contributed by atoms with Crippen LogP contribution in [0, 0.1) is 11.3 Å². The number of hydrogen-bond acceptors (Lipinski definition) is 8. The lowest BCUT2D eigenvalue weighted by molar-refractivity contribution is 0.278. The van der Waals surface area contributed by atoms with Gasteiger partial charge in [0.15, 0.2) is 0 Å². The number of aromatic nitrogens is 5. The molecule has 0 saturated carbocycles. The molecule has 3 rings (SSSR count). The molecule has 10 nitrogen and oxygen atoms in total. The molecule has 0 fully saturated rings. The number of aliphatic hydroxyl groups excluding tert-OH is 1. The Hall–Kier alpha value is -3.45. The minimum atomic E-state index is -0.566. The lowest BCUT2D eigenvalue weighted by Gasteiger charge is -2.18. The monoisotopic (exact) mass is 326 g/mol. The van der Waals surface area contributed by atoms with Crippen LogP contribution in [0.25, 0.3) is 5.65 Å². The number of nitrogens with two attached hydrogens (primary N) is 1. The predicted octanol–water partition coefficient (Wildman–Crippen LogP) is -0.198. The van der Waals surface area contributed by atoms with Crippen LogP contribution in [-0.4, -0.2) is 36.1 Å². The molecule has 1 unspecified atom stereocenters. The maximum Gasteiger partial charge on any atom is 0.332 e. The van der Waals surface area contributed by atoms with Crippen LogP contribution in [0.4, 0.5) is 11.6 Å². The van der Waals surface area contributed by atoms with Gasteiger partial charge in [-0.2, -0.15) is 5.26 Å². The number of nitrogen functional groups attached to an aromatic ring is 1. The molecule has 0 aromatic carbocycles. The molecule has 122 valence electrons. The largest absolute Gasteiger partial charge is 0.396 e. The summed E-state index contributed by atoms with van der Waals surface area (Å²) in [7, 11) is 0. The van der Waals surface area contributed by atoms with Gasteiger partial charge < -0.3 is 16.2 Å². The van der Waals surface area contributed by atoms with Crippen LogP contribution in [0.5, 0.6) is 0 Å². The van der Waals surface area contributed by atoms with Crippen molar-refractivity contribution in [3.05, 3.63) is 46.5 Å². The first kappa shape index (κ1) is 15.4. The van der Waals surface area contributed by atoms with E-state index < -0.39 is 6.04 Å². The molecule has 3 heterocycles. The molecule has 3 aromatic rings. The third-order valence-corrected chi connectivity index (χ3v) is 3.46. The van der Waals surface area contributed by atoms with Gasteiger partial charge in [-0.15, -0.1) is 0 Å². The third-order valence-electron chi connectivity index (χ3n) is 3.46. The van der Waals surface area contributed by atoms with Crippen LogP contribution >= 0.6 is 0 Å². The summed E-state index contributed by atoms with van der Waals surface area (Å²) in [6.45, 7) is -0.157. The van der Waals surface area contributed by atoms with E-state index in [1.807, 2.05) is 6.07 Å². The molecule has 0 bridgehead atoms. The first-order valence-electron chi connectivity index (χ1n) is 7.09. The fourth-order valence-electron chi connectivity index (χ4n) is 2.31. The van der Waals surface area contributed by atoms with Crippen molar-refractivity contribution in [2.24, 2.45) is 0 Å². The Morgan fingerprint density at radius 3 is 3.08 bits per heavy atom. The third kappa shape index (κ3) is 2.75. The molecule has 0 aliphatic heterocycles. The van der Waals surface area contributed by atoms with Crippen LogP contribution in [-0.2, 0) is 0 Å². The number of rotatable bonds is 5. The summed E-state index contributed by atoms with van der Waals surface area (Å²) in [6, 6.07) is 4.76. The zero-order chi connectivity index (χ0) is 17.1. The van der Waals surface area contributed by atoms with Gasteiger partial charge in [-0.05, 0) is 18.6 Å². The van der Waals surface area contributed by atoms with Crippen molar-refractivity contribution >= 4 is 17.3 Å². The van der Waals surface area contributed by atoms with Gasteiger partial charge in [0.05, 0.1) is 6.04 Å². The number of nitrogens with one attached hydrogen (secondary N) is 2. The Morgan fingerprint density at radius 2 is 2.33 bits per heavy atom.